The fraction of sp³-hybridized carbons (Fsp3) is 0.480. The lowest BCUT2D eigenvalue weighted by Crippen LogP contribution is -2.47. The van der Waals surface area contributed by atoms with Crippen LogP contribution < -0.4 is 19.9 Å². The van der Waals surface area contributed by atoms with Gasteiger partial charge >= 0.3 is 6.09 Å². The molecule has 1 atom stereocenters. The molecule has 5 rings (SSSR count). The summed E-state index contributed by atoms with van der Waals surface area (Å²) in [6.07, 6.45) is 2.42. The zero-order valence-corrected chi connectivity index (χ0v) is 19.4. The van der Waals surface area contributed by atoms with Crippen LogP contribution in [0.3, 0.4) is 0 Å². The van der Waals surface area contributed by atoms with Crippen LogP contribution in [0.4, 0.5) is 4.79 Å². The Kier molecular flexibility index (Phi) is 8.46. The van der Waals surface area contributed by atoms with Gasteiger partial charge in [0, 0.05) is 45.7 Å². The number of carbonyl (C=O) groups is 1. The van der Waals surface area contributed by atoms with Crippen molar-refractivity contribution in [2.45, 2.75) is 38.6 Å². The van der Waals surface area contributed by atoms with Gasteiger partial charge < -0.3 is 34.7 Å². The Morgan fingerprint density at radius 3 is 2.41 bits per heavy atom. The maximum atomic E-state index is 10.8. The maximum absolute atomic E-state index is 10.8. The second kappa shape index (κ2) is 11.9. The van der Waals surface area contributed by atoms with E-state index in [9.17, 15) is 4.79 Å². The van der Waals surface area contributed by atoms with Gasteiger partial charge in [0.1, 0.15) is 5.75 Å². The molecule has 3 aliphatic heterocycles. The molecule has 0 bridgehead atoms. The van der Waals surface area contributed by atoms with Crippen molar-refractivity contribution in [2.24, 2.45) is 5.73 Å². The number of hydrogen-bond acceptors (Lipinski definition) is 7. The van der Waals surface area contributed by atoms with Crippen LogP contribution in [0.1, 0.15) is 30.4 Å². The molecule has 3 aliphatic rings. The molecular weight excluding hydrogens is 438 g/mol. The smallest absolute Gasteiger partial charge is 0.407 e. The number of amides is 1. The first-order valence-corrected chi connectivity index (χ1v) is 11.8. The van der Waals surface area contributed by atoms with Crippen molar-refractivity contribution in [1.82, 2.24) is 9.80 Å². The second-order valence-corrected chi connectivity index (χ2v) is 8.50. The van der Waals surface area contributed by atoms with Gasteiger partial charge in [-0.1, -0.05) is 18.2 Å². The van der Waals surface area contributed by atoms with Gasteiger partial charge in [-0.3, -0.25) is 4.90 Å². The zero-order chi connectivity index (χ0) is 23.8. The molecule has 2 aromatic rings. The molecule has 1 amide bonds. The summed E-state index contributed by atoms with van der Waals surface area (Å²) in [5, 5.41) is 8.90. The predicted molar refractivity (Wildman–Crippen MR) is 126 cm³/mol. The molecule has 2 aromatic carbocycles. The molecule has 34 heavy (non-hydrogen) atoms. The number of ether oxygens (including phenoxy) is 4. The molecule has 2 saturated heterocycles. The minimum absolute atomic E-state index is 0.0672. The van der Waals surface area contributed by atoms with Crippen LogP contribution in [0.2, 0.25) is 0 Å². The van der Waals surface area contributed by atoms with Crippen molar-refractivity contribution in [2.75, 3.05) is 39.6 Å². The Bertz CT molecular complexity index is 925. The summed E-state index contributed by atoms with van der Waals surface area (Å²) in [7, 11) is 0. The van der Waals surface area contributed by atoms with E-state index in [0.717, 1.165) is 67.5 Å². The molecule has 9 heteroatoms. The molecule has 9 nitrogen and oxygen atoms in total. The molecule has 0 aromatic heterocycles. The van der Waals surface area contributed by atoms with Gasteiger partial charge in [-0.25, -0.2) is 4.79 Å². The van der Waals surface area contributed by atoms with Gasteiger partial charge in [0.15, 0.2) is 17.8 Å². The van der Waals surface area contributed by atoms with Crippen LogP contribution in [0.15, 0.2) is 42.5 Å². The van der Waals surface area contributed by atoms with Gasteiger partial charge in [-0.15, -0.1) is 0 Å². The SMILES string of the molecule is NCc1ccc(OC2CCCCO2)cc1.O=C(O)N1CCN(Cc2ccc3c(c2)OCO3)CC1. The third-order valence-electron chi connectivity index (χ3n) is 6.05. The van der Waals surface area contributed by atoms with Crippen LogP contribution in [0, 0.1) is 0 Å². The highest BCUT2D eigenvalue weighted by Gasteiger charge is 2.21. The van der Waals surface area contributed by atoms with Crippen molar-refractivity contribution in [3.8, 4) is 17.2 Å². The van der Waals surface area contributed by atoms with E-state index >= 15 is 0 Å². The lowest BCUT2D eigenvalue weighted by molar-refractivity contribution is -0.105. The van der Waals surface area contributed by atoms with Gasteiger partial charge in [0.2, 0.25) is 6.79 Å². The van der Waals surface area contributed by atoms with Crippen LogP contribution in [-0.2, 0) is 17.8 Å². The molecule has 0 spiro atoms. The number of hydrogen-bond donors (Lipinski definition) is 2. The fourth-order valence-corrected chi connectivity index (χ4v) is 4.05. The Morgan fingerprint density at radius 1 is 1.00 bits per heavy atom. The topological polar surface area (TPSA) is 107 Å². The second-order valence-electron chi connectivity index (χ2n) is 8.50. The number of piperazine rings is 1. The summed E-state index contributed by atoms with van der Waals surface area (Å²) in [6, 6.07) is 13.8. The average molecular weight is 472 g/mol. The Morgan fingerprint density at radius 2 is 1.74 bits per heavy atom. The van der Waals surface area contributed by atoms with Crippen LogP contribution in [-0.4, -0.2) is 66.9 Å². The monoisotopic (exact) mass is 471 g/mol. The molecule has 0 saturated carbocycles. The summed E-state index contributed by atoms with van der Waals surface area (Å²) in [5.74, 6) is 2.44. The minimum atomic E-state index is -0.831. The van der Waals surface area contributed by atoms with E-state index in [4.69, 9.17) is 29.8 Å². The van der Waals surface area contributed by atoms with E-state index in [1.165, 1.54) is 11.3 Å². The molecule has 0 aliphatic carbocycles. The van der Waals surface area contributed by atoms with Gasteiger partial charge in [-0.2, -0.15) is 0 Å². The number of fused-ring (bicyclic) bond motifs is 1. The highest BCUT2D eigenvalue weighted by molar-refractivity contribution is 5.65. The van der Waals surface area contributed by atoms with Crippen molar-refractivity contribution in [1.29, 1.82) is 0 Å². The fourth-order valence-electron chi connectivity index (χ4n) is 4.05. The highest BCUT2D eigenvalue weighted by Crippen LogP contribution is 2.32. The Balaban J connectivity index is 0.000000166. The molecule has 3 heterocycles. The molecule has 2 fully saturated rings. The van der Waals surface area contributed by atoms with Crippen LogP contribution >= 0.6 is 0 Å². The first kappa shape index (κ1) is 24.1. The lowest BCUT2D eigenvalue weighted by atomic mass is 10.1. The Labute approximate surface area is 199 Å². The van der Waals surface area contributed by atoms with Gasteiger partial charge in [0.05, 0.1) is 6.61 Å². The summed E-state index contributed by atoms with van der Waals surface area (Å²) in [5.41, 5.74) is 7.80. The number of nitrogens with zero attached hydrogens (tertiary/aromatic N) is 2. The summed E-state index contributed by atoms with van der Waals surface area (Å²) in [6.45, 7) is 5.15. The molecule has 3 N–H and O–H groups in total. The van der Waals surface area contributed by atoms with Gasteiger partial charge in [-0.05, 0) is 48.2 Å². The number of rotatable bonds is 5. The number of benzene rings is 2. The first-order valence-electron chi connectivity index (χ1n) is 11.8. The van der Waals surface area contributed by atoms with Gasteiger partial charge in [0.25, 0.3) is 0 Å². The molecular formula is C25H33N3O6. The van der Waals surface area contributed by atoms with E-state index < -0.39 is 6.09 Å². The number of carboxylic acid groups (broad SMARTS) is 1. The van der Waals surface area contributed by atoms with Crippen LogP contribution in [0.25, 0.3) is 0 Å². The third kappa shape index (κ3) is 6.75. The predicted octanol–water partition coefficient (Wildman–Crippen LogP) is 3.26. The van der Waals surface area contributed by atoms with Crippen molar-refractivity contribution in [3.63, 3.8) is 0 Å². The summed E-state index contributed by atoms with van der Waals surface area (Å²) < 4.78 is 21.8. The van der Waals surface area contributed by atoms with Crippen LogP contribution in [0.5, 0.6) is 17.2 Å². The zero-order valence-electron chi connectivity index (χ0n) is 19.4. The maximum Gasteiger partial charge on any atom is 0.407 e. The molecule has 0 radical (unpaired) electrons. The van der Waals surface area contributed by atoms with E-state index in [0.29, 0.717) is 19.6 Å². The van der Waals surface area contributed by atoms with Crippen molar-refractivity contribution in [3.05, 3.63) is 53.6 Å². The molecule has 184 valence electrons. The summed E-state index contributed by atoms with van der Waals surface area (Å²) >= 11 is 0. The third-order valence-corrected chi connectivity index (χ3v) is 6.05. The van der Waals surface area contributed by atoms with E-state index in [2.05, 4.69) is 4.90 Å². The number of nitrogens with two attached hydrogens (primary N) is 1. The Hall–Kier alpha value is -3.01. The summed E-state index contributed by atoms with van der Waals surface area (Å²) in [4.78, 5) is 14.5. The largest absolute Gasteiger partial charge is 0.465 e. The lowest BCUT2D eigenvalue weighted by Gasteiger charge is -2.33. The standard InChI is InChI=1S/C13H16N2O4.C12H17NO2/c16-13(17)15-5-3-14(4-6-15)8-10-1-2-11-12(7-10)19-9-18-11;13-9-10-4-6-11(7-5-10)15-12-3-1-2-8-14-12/h1-2,7H,3-6,8-9H2,(H,16,17);4-7,12H,1-3,8-9,13H2. The van der Waals surface area contributed by atoms with Crippen molar-refractivity contribution < 1.29 is 28.8 Å². The molecule has 1 unspecified atom stereocenters. The van der Waals surface area contributed by atoms with E-state index in [-0.39, 0.29) is 13.1 Å². The van der Waals surface area contributed by atoms with Crippen molar-refractivity contribution >= 4 is 6.09 Å². The van der Waals surface area contributed by atoms with E-state index in [1.807, 2.05) is 42.5 Å². The quantitative estimate of drug-likeness (QED) is 0.684. The minimum Gasteiger partial charge on any atom is -0.465 e. The normalized spacial score (nSPS) is 19.8. The first-order chi connectivity index (χ1) is 16.6. The average Bonchev–Trinajstić information content (AvgIpc) is 3.34. The van der Waals surface area contributed by atoms with E-state index in [1.54, 1.807) is 0 Å². The highest BCUT2D eigenvalue weighted by atomic mass is 16.7.